The van der Waals surface area contributed by atoms with Crippen molar-refractivity contribution in [1.29, 1.82) is 0 Å². The molecule has 0 bridgehead atoms. The smallest absolute Gasteiger partial charge is 0.304 e. The van der Waals surface area contributed by atoms with Gasteiger partial charge in [0.2, 0.25) is 15.3 Å². The predicted molar refractivity (Wildman–Crippen MR) is 84.7 cm³/mol. The fourth-order valence-electron chi connectivity index (χ4n) is 1.87. The fourth-order valence-corrected chi connectivity index (χ4v) is 3.22. The number of rotatable bonds is 5. The summed E-state index contributed by atoms with van der Waals surface area (Å²) in [6.45, 7) is 1.18. The van der Waals surface area contributed by atoms with Gasteiger partial charge >= 0.3 is 5.97 Å². The van der Waals surface area contributed by atoms with E-state index in [0.717, 1.165) is 5.56 Å². The van der Waals surface area contributed by atoms with Crippen molar-refractivity contribution in [2.24, 2.45) is 0 Å². The van der Waals surface area contributed by atoms with E-state index in [4.69, 9.17) is 4.74 Å². The molecule has 0 aromatic heterocycles. The van der Waals surface area contributed by atoms with Crippen molar-refractivity contribution in [3.8, 4) is 0 Å². The summed E-state index contributed by atoms with van der Waals surface area (Å²) in [6.07, 6.45) is 2.99. The van der Waals surface area contributed by atoms with Gasteiger partial charge in [-0.25, -0.2) is 8.42 Å². The summed E-state index contributed by atoms with van der Waals surface area (Å²) in [6, 6.07) is 17.1. The van der Waals surface area contributed by atoms with Gasteiger partial charge < -0.3 is 4.74 Å². The first-order valence-corrected chi connectivity index (χ1v) is 8.24. The molecule has 0 fully saturated rings. The highest BCUT2D eigenvalue weighted by Gasteiger charge is 2.27. The zero-order chi connectivity index (χ0) is 16.0. The lowest BCUT2D eigenvalue weighted by Crippen LogP contribution is -2.24. The largest absolute Gasteiger partial charge is 0.441 e. The van der Waals surface area contributed by atoms with Crippen molar-refractivity contribution in [2.45, 2.75) is 17.3 Å². The molecular weight excluding hydrogens is 300 g/mol. The van der Waals surface area contributed by atoms with Crippen molar-refractivity contribution >= 4 is 21.9 Å². The first-order chi connectivity index (χ1) is 10.5. The Morgan fingerprint density at radius 3 is 2.09 bits per heavy atom. The Kier molecular flexibility index (Phi) is 5.12. The third-order valence-corrected chi connectivity index (χ3v) is 4.70. The molecule has 4 nitrogen and oxygen atoms in total. The normalized spacial score (nSPS) is 13.0. The van der Waals surface area contributed by atoms with Gasteiger partial charge in [0, 0.05) is 6.92 Å². The van der Waals surface area contributed by atoms with Crippen LogP contribution in [0.1, 0.15) is 12.5 Å². The Balaban J connectivity index is 2.34. The molecule has 0 radical (unpaired) electrons. The lowest BCUT2D eigenvalue weighted by molar-refractivity contribution is -0.141. The Morgan fingerprint density at radius 2 is 1.55 bits per heavy atom. The lowest BCUT2D eigenvalue weighted by Gasteiger charge is -2.14. The van der Waals surface area contributed by atoms with Gasteiger partial charge in [-0.15, -0.1) is 0 Å². The van der Waals surface area contributed by atoms with Gasteiger partial charge in [-0.1, -0.05) is 54.6 Å². The second-order valence-corrected chi connectivity index (χ2v) is 6.63. The summed E-state index contributed by atoms with van der Waals surface area (Å²) in [7, 11) is -3.80. The number of carbonyl (C=O) groups excluding carboxylic acids is 1. The average Bonchev–Trinajstić information content (AvgIpc) is 2.53. The molecule has 2 aromatic rings. The Morgan fingerprint density at radius 1 is 1.00 bits per heavy atom. The maximum Gasteiger partial charge on any atom is 0.304 e. The highest BCUT2D eigenvalue weighted by Crippen LogP contribution is 2.19. The number of hydrogen-bond acceptors (Lipinski definition) is 4. The summed E-state index contributed by atoms with van der Waals surface area (Å²) in [5.74, 6) is -0.651. The van der Waals surface area contributed by atoms with Crippen molar-refractivity contribution in [3.05, 3.63) is 72.3 Å². The van der Waals surface area contributed by atoms with E-state index in [0.29, 0.717) is 0 Å². The fraction of sp³-hybridized carbons (Fsp3) is 0.118. The van der Waals surface area contributed by atoms with Crippen LogP contribution in [0, 0.1) is 0 Å². The highest BCUT2D eigenvalue weighted by molar-refractivity contribution is 7.92. The summed E-state index contributed by atoms with van der Waals surface area (Å²) in [5.41, 5.74) is -0.532. The molecule has 0 aliphatic carbocycles. The molecule has 114 valence electrons. The highest BCUT2D eigenvalue weighted by atomic mass is 32.2. The molecule has 0 saturated heterocycles. The first-order valence-electron chi connectivity index (χ1n) is 6.69. The molecule has 0 N–H and O–H groups in total. The van der Waals surface area contributed by atoms with Crippen LogP contribution in [0.5, 0.6) is 0 Å². The van der Waals surface area contributed by atoms with Crippen LogP contribution in [-0.4, -0.2) is 19.8 Å². The molecule has 0 saturated carbocycles. The number of hydrogen-bond donors (Lipinski definition) is 0. The second-order valence-electron chi connectivity index (χ2n) is 4.61. The molecule has 0 aliphatic rings. The van der Waals surface area contributed by atoms with E-state index >= 15 is 0 Å². The van der Waals surface area contributed by atoms with Crippen LogP contribution in [0.2, 0.25) is 0 Å². The number of sulfone groups is 1. The van der Waals surface area contributed by atoms with E-state index in [1.807, 2.05) is 30.3 Å². The predicted octanol–water partition coefficient (Wildman–Crippen LogP) is 3.06. The zero-order valence-corrected chi connectivity index (χ0v) is 12.9. The maximum absolute atomic E-state index is 12.6. The SMILES string of the molecule is CC(=O)O[C@@H](/C=C/c1ccccc1)S(=O)(=O)c1ccccc1. The summed E-state index contributed by atoms with van der Waals surface area (Å²) >= 11 is 0. The Labute approximate surface area is 130 Å². The van der Waals surface area contributed by atoms with E-state index in [1.54, 1.807) is 24.3 Å². The minimum absolute atomic E-state index is 0.110. The van der Waals surface area contributed by atoms with Crippen molar-refractivity contribution in [1.82, 2.24) is 0 Å². The van der Waals surface area contributed by atoms with Crippen LogP contribution in [0.15, 0.2) is 71.6 Å². The van der Waals surface area contributed by atoms with Gasteiger partial charge in [-0.3, -0.25) is 4.79 Å². The molecule has 1 atom stereocenters. The van der Waals surface area contributed by atoms with E-state index in [1.165, 1.54) is 25.1 Å². The minimum atomic E-state index is -3.80. The van der Waals surface area contributed by atoms with Crippen LogP contribution in [-0.2, 0) is 19.4 Å². The second kappa shape index (κ2) is 7.04. The Hall–Kier alpha value is -2.40. The standard InChI is InChI=1S/C17H16O4S/c1-14(18)21-17(13-12-15-8-4-2-5-9-15)22(19,20)16-10-6-3-7-11-16/h2-13,17H,1H3/b13-12+/t17-/m1/s1. The van der Waals surface area contributed by atoms with Crippen LogP contribution in [0.4, 0.5) is 0 Å². The van der Waals surface area contributed by atoms with Gasteiger partial charge in [0.05, 0.1) is 4.90 Å². The summed E-state index contributed by atoms with van der Waals surface area (Å²) in [5, 5.41) is 0. The molecule has 22 heavy (non-hydrogen) atoms. The van der Waals surface area contributed by atoms with Crippen molar-refractivity contribution in [3.63, 3.8) is 0 Å². The van der Waals surface area contributed by atoms with Gasteiger partial charge in [-0.2, -0.15) is 0 Å². The molecular formula is C17H16O4S. The zero-order valence-electron chi connectivity index (χ0n) is 12.0. The molecule has 2 rings (SSSR count). The average molecular weight is 316 g/mol. The van der Waals surface area contributed by atoms with Crippen LogP contribution in [0.25, 0.3) is 6.08 Å². The quantitative estimate of drug-likeness (QED) is 0.795. The van der Waals surface area contributed by atoms with Gasteiger partial charge in [0.15, 0.2) is 0 Å². The molecule has 5 heteroatoms. The third kappa shape index (κ3) is 4.05. The number of esters is 1. The third-order valence-electron chi connectivity index (χ3n) is 2.91. The van der Waals surface area contributed by atoms with E-state index < -0.39 is 21.2 Å². The monoisotopic (exact) mass is 316 g/mol. The van der Waals surface area contributed by atoms with Gasteiger partial charge in [-0.05, 0) is 23.8 Å². The number of ether oxygens (including phenoxy) is 1. The van der Waals surface area contributed by atoms with E-state index in [-0.39, 0.29) is 4.90 Å². The Bertz CT molecular complexity index is 750. The molecule has 0 amide bonds. The molecule has 0 aliphatic heterocycles. The van der Waals surface area contributed by atoms with Crippen LogP contribution in [0.3, 0.4) is 0 Å². The number of carbonyl (C=O) groups is 1. The summed E-state index contributed by atoms with van der Waals surface area (Å²) < 4.78 is 30.1. The molecule has 0 spiro atoms. The summed E-state index contributed by atoms with van der Waals surface area (Å²) in [4.78, 5) is 11.3. The van der Waals surface area contributed by atoms with E-state index in [9.17, 15) is 13.2 Å². The first kappa shape index (κ1) is 16.0. The molecule has 0 heterocycles. The topological polar surface area (TPSA) is 60.4 Å². The van der Waals surface area contributed by atoms with Gasteiger partial charge in [0.1, 0.15) is 0 Å². The van der Waals surface area contributed by atoms with Crippen molar-refractivity contribution < 1.29 is 17.9 Å². The minimum Gasteiger partial charge on any atom is -0.441 e. The number of benzene rings is 2. The van der Waals surface area contributed by atoms with Crippen LogP contribution < -0.4 is 0 Å². The molecule has 0 unspecified atom stereocenters. The van der Waals surface area contributed by atoms with E-state index in [2.05, 4.69) is 0 Å². The maximum atomic E-state index is 12.6. The van der Waals surface area contributed by atoms with Crippen LogP contribution >= 0.6 is 0 Å². The van der Waals surface area contributed by atoms with Gasteiger partial charge in [0.25, 0.3) is 0 Å². The molecule has 2 aromatic carbocycles. The lowest BCUT2D eigenvalue weighted by atomic mass is 10.2. The van der Waals surface area contributed by atoms with Crippen molar-refractivity contribution in [2.75, 3.05) is 0 Å².